The maximum atomic E-state index is 12.9. The predicted molar refractivity (Wildman–Crippen MR) is 114 cm³/mol. The van der Waals surface area contributed by atoms with Gasteiger partial charge in [-0.25, -0.2) is 0 Å². The van der Waals surface area contributed by atoms with Crippen LogP contribution in [0.1, 0.15) is 45.1 Å². The molecule has 2 bridgehead atoms. The zero-order valence-corrected chi connectivity index (χ0v) is 18.4. The maximum absolute atomic E-state index is 12.9. The van der Waals surface area contributed by atoms with Crippen molar-refractivity contribution in [1.29, 1.82) is 0 Å². The number of benzene rings is 1. The molecule has 0 spiro atoms. The lowest BCUT2D eigenvalue weighted by Crippen LogP contribution is -3.29. The van der Waals surface area contributed by atoms with E-state index in [0.29, 0.717) is 18.8 Å². The molecule has 2 aliphatic heterocycles. The Hall–Kier alpha value is -1.79. The van der Waals surface area contributed by atoms with Gasteiger partial charge in [-0.15, -0.1) is 0 Å². The van der Waals surface area contributed by atoms with Crippen LogP contribution in [0.25, 0.3) is 0 Å². The van der Waals surface area contributed by atoms with Crippen LogP contribution in [0.5, 0.6) is 11.5 Å². The lowest BCUT2D eigenvalue weighted by molar-refractivity contribution is -1.02. The molecule has 0 aromatic heterocycles. The normalized spacial score (nSPS) is 34.0. The van der Waals surface area contributed by atoms with E-state index in [1.807, 2.05) is 6.07 Å². The summed E-state index contributed by atoms with van der Waals surface area (Å²) in [4.78, 5) is 15.9. The average molecular weight is 416 g/mol. The van der Waals surface area contributed by atoms with Crippen molar-refractivity contribution in [3.8, 4) is 11.5 Å². The van der Waals surface area contributed by atoms with E-state index in [2.05, 4.69) is 31.3 Å². The van der Waals surface area contributed by atoms with E-state index in [-0.39, 0.29) is 11.9 Å². The van der Waals surface area contributed by atoms with Crippen molar-refractivity contribution in [1.82, 2.24) is 5.32 Å². The van der Waals surface area contributed by atoms with Crippen molar-refractivity contribution < 1.29 is 24.1 Å². The minimum Gasteiger partial charge on any atom is -0.454 e. The van der Waals surface area contributed by atoms with Gasteiger partial charge in [-0.05, 0) is 69.1 Å². The highest BCUT2D eigenvalue weighted by Crippen LogP contribution is 2.49. The van der Waals surface area contributed by atoms with Crippen LogP contribution in [0.3, 0.4) is 0 Å². The second kappa shape index (κ2) is 8.39. The molecule has 2 saturated carbocycles. The van der Waals surface area contributed by atoms with Crippen LogP contribution in [0.4, 0.5) is 0 Å². The van der Waals surface area contributed by atoms with Gasteiger partial charge in [-0.3, -0.25) is 4.79 Å². The molecule has 1 aromatic carbocycles. The van der Waals surface area contributed by atoms with Gasteiger partial charge in [0.25, 0.3) is 5.91 Å². The van der Waals surface area contributed by atoms with Crippen LogP contribution < -0.4 is 24.6 Å². The molecule has 2 heterocycles. The Morgan fingerprint density at radius 3 is 2.63 bits per heavy atom. The van der Waals surface area contributed by atoms with Gasteiger partial charge in [-0.1, -0.05) is 6.42 Å². The third kappa shape index (κ3) is 4.04. The quantitative estimate of drug-likeness (QED) is 0.615. The molecule has 1 saturated heterocycles. The van der Waals surface area contributed by atoms with Crippen molar-refractivity contribution in [2.45, 2.75) is 58.2 Å². The Balaban J connectivity index is 1.08. The van der Waals surface area contributed by atoms with E-state index in [1.165, 1.54) is 36.1 Å². The van der Waals surface area contributed by atoms with Gasteiger partial charge in [0.2, 0.25) is 6.79 Å². The molecule has 1 amide bonds. The highest BCUT2D eigenvalue weighted by Gasteiger charge is 2.42. The Morgan fingerprint density at radius 2 is 1.90 bits per heavy atom. The second-order valence-corrected chi connectivity index (χ2v) is 10.1. The highest BCUT2D eigenvalue weighted by atomic mass is 16.7. The van der Waals surface area contributed by atoms with E-state index < -0.39 is 0 Å². The summed E-state index contributed by atoms with van der Waals surface area (Å²) >= 11 is 0. The van der Waals surface area contributed by atoms with Gasteiger partial charge in [-0.2, -0.15) is 0 Å². The third-order valence-corrected chi connectivity index (χ3v) is 8.30. The topological polar surface area (TPSA) is 56.4 Å². The SMILES string of the molecule is C[C@H](NC(=O)[C@H](C)[NH+]1CC[NH+](Cc2ccc3c(c2)OCO3)CC1)[C@H]1C[C@@H]2CC[C@H]1C2. The maximum Gasteiger partial charge on any atom is 0.278 e. The lowest BCUT2D eigenvalue weighted by Gasteiger charge is -2.34. The first-order valence-electron chi connectivity index (χ1n) is 11.9. The summed E-state index contributed by atoms with van der Waals surface area (Å²) in [5, 5.41) is 3.39. The van der Waals surface area contributed by atoms with Crippen LogP contribution in [0, 0.1) is 17.8 Å². The molecule has 4 aliphatic rings. The third-order valence-electron chi connectivity index (χ3n) is 8.30. The Morgan fingerprint density at radius 1 is 1.10 bits per heavy atom. The molecule has 30 heavy (non-hydrogen) atoms. The van der Waals surface area contributed by atoms with Crippen LogP contribution in [0.15, 0.2) is 18.2 Å². The minimum absolute atomic E-state index is 0.0399. The smallest absolute Gasteiger partial charge is 0.278 e. The number of quaternary nitrogens is 2. The standard InChI is InChI=1S/C24H35N3O3/c1-16(21-12-18-3-5-20(21)11-18)25-24(28)17(2)27-9-7-26(8-10-27)14-19-4-6-22-23(13-19)30-15-29-22/h4,6,13,16-18,20-21H,3,5,7-12,14-15H2,1-2H3,(H,25,28)/p+2/t16-,17-,18+,20-,21+/m0/s1. The highest BCUT2D eigenvalue weighted by molar-refractivity contribution is 5.80. The number of piperazine rings is 1. The number of hydrogen-bond donors (Lipinski definition) is 3. The molecule has 0 radical (unpaired) electrons. The van der Waals surface area contributed by atoms with Gasteiger partial charge in [0, 0.05) is 11.6 Å². The molecule has 2 aliphatic carbocycles. The van der Waals surface area contributed by atoms with Gasteiger partial charge in [0.05, 0.1) is 0 Å². The van der Waals surface area contributed by atoms with Crippen molar-refractivity contribution >= 4 is 5.91 Å². The molecule has 3 fully saturated rings. The van der Waals surface area contributed by atoms with Crippen LogP contribution in [0.2, 0.25) is 0 Å². The van der Waals surface area contributed by atoms with Crippen molar-refractivity contribution in [2.24, 2.45) is 17.8 Å². The Bertz CT molecular complexity index is 777. The van der Waals surface area contributed by atoms with Gasteiger partial charge in [0.15, 0.2) is 17.5 Å². The molecule has 1 aromatic rings. The monoisotopic (exact) mass is 415 g/mol. The number of nitrogens with one attached hydrogen (secondary N) is 3. The number of fused-ring (bicyclic) bond motifs is 3. The van der Waals surface area contributed by atoms with E-state index in [1.54, 1.807) is 4.90 Å². The van der Waals surface area contributed by atoms with E-state index >= 15 is 0 Å². The molecule has 0 unspecified atom stereocenters. The van der Waals surface area contributed by atoms with Gasteiger partial charge >= 0.3 is 0 Å². The molecule has 6 nitrogen and oxygen atoms in total. The summed E-state index contributed by atoms with van der Waals surface area (Å²) in [6, 6.07) is 6.64. The fourth-order valence-corrected chi connectivity index (χ4v) is 6.42. The number of carbonyl (C=O) groups is 1. The van der Waals surface area contributed by atoms with E-state index in [9.17, 15) is 4.79 Å². The zero-order valence-electron chi connectivity index (χ0n) is 18.4. The predicted octanol–water partition coefficient (Wildman–Crippen LogP) is 0.0281. The van der Waals surface area contributed by atoms with E-state index in [0.717, 1.165) is 56.1 Å². The van der Waals surface area contributed by atoms with Crippen LogP contribution in [-0.2, 0) is 11.3 Å². The number of carbonyl (C=O) groups excluding carboxylic acids is 1. The number of hydrogen-bond acceptors (Lipinski definition) is 3. The number of ether oxygens (including phenoxy) is 2. The molecule has 5 atom stereocenters. The second-order valence-electron chi connectivity index (χ2n) is 10.1. The largest absolute Gasteiger partial charge is 0.454 e. The molecule has 6 heteroatoms. The van der Waals surface area contributed by atoms with Crippen molar-refractivity contribution in [3.63, 3.8) is 0 Å². The minimum atomic E-state index is 0.0399. The van der Waals surface area contributed by atoms with Crippen LogP contribution in [-0.4, -0.2) is 51.0 Å². The zero-order chi connectivity index (χ0) is 20.7. The fraction of sp³-hybridized carbons (Fsp3) is 0.708. The Kier molecular flexibility index (Phi) is 5.63. The molecule has 164 valence electrons. The summed E-state index contributed by atoms with van der Waals surface area (Å²) in [5.41, 5.74) is 1.29. The Labute approximate surface area is 179 Å². The van der Waals surface area contributed by atoms with Gasteiger partial charge < -0.3 is 24.6 Å². The molecular formula is C24H37N3O3+2. The first-order chi connectivity index (χ1) is 14.6. The molecule has 3 N–H and O–H groups in total. The van der Waals surface area contributed by atoms with E-state index in [4.69, 9.17) is 9.47 Å². The van der Waals surface area contributed by atoms with Crippen molar-refractivity contribution in [3.05, 3.63) is 23.8 Å². The number of rotatable bonds is 6. The molecule has 5 rings (SSSR count). The summed E-state index contributed by atoms with van der Waals surface area (Å²) < 4.78 is 10.9. The lowest BCUT2D eigenvalue weighted by atomic mass is 9.84. The summed E-state index contributed by atoms with van der Waals surface area (Å²) in [7, 11) is 0. The first kappa shape index (κ1) is 20.1. The summed E-state index contributed by atoms with van der Waals surface area (Å²) in [5.74, 6) is 4.46. The molecular weight excluding hydrogens is 378 g/mol. The average Bonchev–Trinajstić information content (AvgIpc) is 3.50. The number of amides is 1. The first-order valence-corrected chi connectivity index (χ1v) is 11.9. The van der Waals surface area contributed by atoms with Crippen molar-refractivity contribution in [2.75, 3.05) is 33.0 Å². The summed E-state index contributed by atoms with van der Waals surface area (Å²) in [6.07, 6.45) is 5.53. The van der Waals surface area contributed by atoms with Crippen LogP contribution >= 0.6 is 0 Å². The van der Waals surface area contributed by atoms with Gasteiger partial charge in [0.1, 0.15) is 32.7 Å². The fourth-order valence-electron chi connectivity index (χ4n) is 6.42. The summed E-state index contributed by atoms with van der Waals surface area (Å²) in [6.45, 7) is 9.99.